The van der Waals surface area contributed by atoms with Gasteiger partial charge < -0.3 is 30.8 Å². The number of carbonyl (C=O) groups is 2. The number of nitrogens with two attached hydrogens (primary N) is 1. The highest BCUT2D eigenvalue weighted by molar-refractivity contribution is 6.05. The van der Waals surface area contributed by atoms with Gasteiger partial charge in [-0.15, -0.1) is 0 Å². The Morgan fingerprint density at radius 3 is 2.54 bits per heavy atom. The minimum absolute atomic E-state index is 0.0349. The summed E-state index contributed by atoms with van der Waals surface area (Å²) < 4.78 is 1.95. The number of fused-ring (bicyclic) bond motifs is 1. The Morgan fingerprint density at radius 2 is 1.89 bits per heavy atom. The Labute approximate surface area is 204 Å². The maximum atomic E-state index is 12.8. The summed E-state index contributed by atoms with van der Waals surface area (Å²) in [5, 5.41) is 15.5. The van der Waals surface area contributed by atoms with Gasteiger partial charge in [-0.3, -0.25) is 9.59 Å². The molecule has 2 aromatic carbocycles. The second-order valence-electron chi connectivity index (χ2n) is 7.96. The van der Waals surface area contributed by atoms with Crippen molar-refractivity contribution in [1.29, 1.82) is 0 Å². The molecule has 0 aliphatic heterocycles. The Bertz CT molecular complexity index is 1300. The molecule has 4 aromatic rings. The van der Waals surface area contributed by atoms with Gasteiger partial charge in [-0.1, -0.05) is 12.1 Å². The predicted molar refractivity (Wildman–Crippen MR) is 140 cm³/mol. The lowest BCUT2D eigenvalue weighted by Crippen LogP contribution is -2.14. The molecule has 0 aliphatic carbocycles. The minimum Gasteiger partial charge on any atom is -0.395 e. The number of carbonyl (C=O) groups excluding carboxylic acids is 2. The molecule has 2 aromatic heterocycles. The maximum absolute atomic E-state index is 12.8. The van der Waals surface area contributed by atoms with E-state index < -0.39 is 0 Å². The van der Waals surface area contributed by atoms with Crippen molar-refractivity contribution >= 4 is 35.0 Å². The first-order valence-electron chi connectivity index (χ1n) is 11.0. The summed E-state index contributed by atoms with van der Waals surface area (Å²) in [6.45, 7) is 2.47. The zero-order valence-corrected chi connectivity index (χ0v) is 20.0. The average Bonchev–Trinajstić information content (AvgIpc) is 3.33. The van der Waals surface area contributed by atoms with Gasteiger partial charge in [-0.25, -0.2) is 4.98 Å². The number of hydrogen-bond acceptors (Lipinski definition) is 6. The first kappa shape index (κ1) is 25.3. The van der Waals surface area contributed by atoms with Crippen LogP contribution in [0, 0.1) is 6.92 Å². The number of primary amides is 1. The molecular weight excluding hydrogens is 444 g/mol. The molecule has 5 N–H and O–H groups in total. The lowest BCUT2D eigenvalue weighted by Gasteiger charge is -2.15. The summed E-state index contributed by atoms with van der Waals surface area (Å²) in [6.07, 6.45) is 5.90. The summed E-state index contributed by atoms with van der Waals surface area (Å²) in [5.74, 6) is -0.147. The third-order valence-corrected chi connectivity index (χ3v) is 5.45. The van der Waals surface area contributed by atoms with Crippen LogP contribution in [0.4, 0.5) is 17.1 Å². The number of anilines is 3. The quantitative estimate of drug-likeness (QED) is 0.305. The van der Waals surface area contributed by atoms with Crippen molar-refractivity contribution in [2.45, 2.75) is 6.92 Å². The van der Waals surface area contributed by atoms with Crippen LogP contribution in [0.5, 0.6) is 0 Å². The number of rotatable bonds is 7. The van der Waals surface area contributed by atoms with Crippen LogP contribution in [-0.4, -0.2) is 54.1 Å². The van der Waals surface area contributed by atoms with Gasteiger partial charge >= 0.3 is 0 Å². The minimum atomic E-state index is -0.147. The first-order valence-corrected chi connectivity index (χ1v) is 11.0. The van der Waals surface area contributed by atoms with Crippen molar-refractivity contribution in [3.63, 3.8) is 0 Å². The van der Waals surface area contributed by atoms with Crippen molar-refractivity contribution in [3.05, 3.63) is 78.2 Å². The Morgan fingerprint density at radius 1 is 1.17 bits per heavy atom. The number of nitrogens with one attached hydrogen (secondary N) is 2. The Kier molecular flexibility index (Phi) is 8.42. The lowest BCUT2D eigenvalue weighted by atomic mass is 10.00. The summed E-state index contributed by atoms with van der Waals surface area (Å²) >= 11 is 0. The third-order valence-electron chi connectivity index (χ3n) is 5.45. The van der Waals surface area contributed by atoms with Gasteiger partial charge in [-0.2, -0.15) is 0 Å². The number of aliphatic hydroxyl groups is 1. The lowest BCUT2D eigenvalue weighted by molar-refractivity contribution is -0.106. The van der Waals surface area contributed by atoms with Gasteiger partial charge in [0.1, 0.15) is 0 Å². The number of aromatic nitrogens is 2. The number of nitrogens with zero attached hydrogens (tertiary/aromatic N) is 3. The van der Waals surface area contributed by atoms with Gasteiger partial charge in [0.15, 0.2) is 5.65 Å². The molecule has 2 amide bonds. The molecular formula is C26H30N6O3. The molecule has 0 spiro atoms. The fraction of sp³-hybridized carbons (Fsp3) is 0.192. The van der Waals surface area contributed by atoms with E-state index in [1.165, 1.54) is 0 Å². The molecule has 2 heterocycles. The number of hydrogen-bond donors (Lipinski definition) is 4. The number of imidazole rings is 1. The van der Waals surface area contributed by atoms with Crippen LogP contribution in [0.3, 0.4) is 0 Å². The maximum Gasteiger partial charge on any atom is 0.255 e. The summed E-state index contributed by atoms with van der Waals surface area (Å²) in [5.41, 5.74) is 11.2. The molecule has 0 fully saturated rings. The van der Waals surface area contributed by atoms with Crippen molar-refractivity contribution in [1.82, 2.24) is 9.38 Å². The molecule has 0 saturated carbocycles. The molecule has 0 atom stereocenters. The highest BCUT2D eigenvalue weighted by Crippen LogP contribution is 2.31. The van der Waals surface area contributed by atoms with Crippen molar-refractivity contribution < 1.29 is 14.7 Å². The predicted octanol–water partition coefficient (Wildman–Crippen LogP) is 3.13. The van der Waals surface area contributed by atoms with Crippen LogP contribution in [0.2, 0.25) is 0 Å². The second kappa shape index (κ2) is 11.7. The molecule has 0 radical (unpaired) electrons. The number of pyridine rings is 1. The average molecular weight is 475 g/mol. The van der Waals surface area contributed by atoms with E-state index >= 15 is 0 Å². The topological polar surface area (TPSA) is 125 Å². The van der Waals surface area contributed by atoms with E-state index in [1.807, 2.05) is 91.2 Å². The van der Waals surface area contributed by atoms with E-state index in [0.717, 1.165) is 39.4 Å². The number of benzene rings is 2. The Balaban J connectivity index is 0.00000108. The molecule has 0 aliphatic rings. The molecule has 0 saturated heterocycles. The van der Waals surface area contributed by atoms with E-state index in [2.05, 4.69) is 21.4 Å². The highest BCUT2D eigenvalue weighted by atomic mass is 16.3. The van der Waals surface area contributed by atoms with Crippen LogP contribution >= 0.6 is 0 Å². The van der Waals surface area contributed by atoms with Gasteiger partial charge in [0, 0.05) is 61.7 Å². The second-order valence-corrected chi connectivity index (χ2v) is 7.96. The summed E-state index contributed by atoms with van der Waals surface area (Å²) in [4.78, 5) is 27.8. The van der Waals surface area contributed by atoms with E-state index in [-0.39, 0.29) is 18.9 Å². The molecule has 9 nitrogen and oxygen atoms in total. The fourth-order valence-corrected chi connectivity index (χ4v) is 3.69. The third kappa shape index (κ3) is 5.96. The van der Waals surface area contributed by atoms with Crippen LogP contribution in [0.1, 0.15) is 15.9 Å². The Hall–Kier alpha value is -4.37. The molecule has 4 rings (SSSR count). The van der Waals surface area contributed by atoms with E-state index in [4.69, 9.17) is 4.79 Å². The van der Waals surface area contributed by atoms with Gasteiger partial charge in [0.25, 0.3) is 5.91 Å². The molecule has 9 heteroatoms. The SMILES string of the molecule is Cc1c(NC(=O)c2ccc(N(C)C)cc2)cccc1-c1cc(NCCO)c2nccn2c1.NC=O. The summed E-state index contributed by atoms with van der Waals surface area (Å²) in [6, 6.07) is 15.4. The standard InChI is InChI=1S/C25H27N5O2.CH3NO/c1-17-21(19-15-23(26-12-14-31)24-27-11-13-30(24)16-19)5-4-6-22(17)28-25(32)18-7-9-20(10-8-18)29(2)3;2-1-3/h4-11,13,15-16,26,31H,12,14H2,1-3H3,(H,28,32);1H,(H2,2,3). The number of aliphatic hydroxyl groups excluding tert-OH is 1. The van der Waals surface area contributed by atoms with E-state index in [9.17, 15) is 9.90 Å². The molecule has 35 heavy (non-hydrogen) atoms. The molecule has 182 valence electrons. The van der Waals surface area contributed by atoms with E-state index in [1.54, 1.807) is 6.20 Å². The smallest absolute Gasteiger partial charge is 0.255 e. The van der Waals surface area contributed by atoms with Crippen LogP contribution in [0.25, 0.3) is 16.8 Å². The van der Waals surface area contributed by atoms with Crippen molar-refractivity contribution in [3.8, 4) is 11.1 Å². The fourth-order valence-electron chi connectivity index (χ4n) is 3.69. The monoisotopic (exact) mass is 474 g/mol. The highest BCUT2D eigenvalue weighted by Gasteiger charge is 2.13. The molecule has 0 unspecified atom stereocenters. The zero-order chi connectivity index (χ0) is 25.4. The summed E-state index contributed by atoms with van der Waals surface area (Å²) in [7, 11) is 3.94. The van der Waals surface area contributed by atoms with Gasteiger partial charge in [0.05, 0.1) is 12.3 Å². The number of amides is 2. The van der Waals surface area contributed by atoms with Crippen LogP contribution < -0.4 is 21.3 Å². The van der Waals surface area contributed by atoms with Gasteiger partial charge in [0.2, 0.25) is 6.41 Å². The van der Waals surface area contributed by atoms with Crippen molar-refractivity contribution in [2.75, 3.05) is 42.8 Å². The largest absolute Gasteiger partial charge is 0.395 e. The zero-order valence-electron chi connectivity index (χ0n) is 20.0. The van der Waals surface area contributed by atoms with Crippen LogP contribution in [0.15, 0.2) is 67.1 Å². The molecule has 0 bridgehead atoms. The van der Waals surface area contributed by atoms with Gasteiger partial charge in [-0.05, 0) is 54.4 Å². The van der Waals surface area contributed by atoms with Crippen LogP contribution in [-0.2, 0) is 4.79 Å². The van der Waals surface area contributed by atoms with Crippen molar-refractivity contribution in [2.24, 2.45) is 5.73 Å². The first-order chi connectivity index (χ1) is 16.9. The van der Waals surface area contributed by atoms with E-state index in [0.29, 0.717) is 12.1 Å². The normalized spacial score (nSPS) is 10.3.